The molecule has 3 amide bonds. The van der Waals surface area contributed by atoms with E-state index >= 15 is 0 Å². The molecule has 17 heteroatoms. The number of anilines is 1. The summed E-state index contributed by atoms with van der Waals surface area (Å²) in [6, 6.07) is 17.9. The molecule has 2 aliphatic heterocycles. The van der Waals surface area contributed by atoms with Gasteiger partial charge in [0, 0.05) is 23.9 Å². The van der Waals surface area contributed by atoms with Gasteiger partial charge in [0.1, 0.15) is 17.1 Å². The molecule has 0 radical (unpaired) electrons. The number of carbonyl (C=O) groups is 4. The first kappa shape index (κ1) is 34.4. The lowest BCUT2D eigenvalue weighted by molar-refractivity contribution is -0.154. The van der Waals surface area contributed by atoms with E-state index in [4.69, 9.17) is 4.74 Å². The van der Waals surface area contributed by atoms with Crippen molar-refractivity contribution in [2.45, 2.75) is 29.6 Å². The van der Waals surface area contributed by atoms with Crippen LogP contribution in [-0.2, 0) is 31.0 Å². The largest absolute Gasteiger partial charge is 0.448 e. The van der Waals surface area contributed by atoms with E-state index in [1.165, 1.54) is 56.2 Å². The monoisotopic (exact) mass is 734 g/mol. The molecule has 13 nitrogen and oxygen atoms in total. The predicted octanol–water partition coefficient (Wildman–Crippen LogP) is 4.11. The van der Waals surface area contributed by atoms with Crippen molar-refractivity contribution in [3.8, 4) is 0 Å². The Labute approximate surface area is 298 Å². The predicted molar refractivity (Wildman–Crippen MR) is 190 cm³/mol. The van der Waals surface area contributed by atoms with E-state index < -0.39 is 35.3 Å². The van der Waals surface area contributed by atoms with Crippen molar-refractivity contribution in [1.82, 2.24) is 35.4 Å². The summed E-state index contributed by atoms with van der Waals surface area (Å²) < 4.78 is 7.77. The van der Waals surface area contributed by atoms with Crippen molar-refractivity contribution in [1.29, 1.82) is 0 Å². The standard InChI is InChI=1S/C32H30N8O5S4/c1-3-46-16-22(23-17-48-31(34-23)33-18-41)27(42)35-24-28(43)40-25(21(14-47-29(24)40)15-49-32-36-37-38-39(32)2)30(44)45-26(19-10-6-4-7-11-19)20-12-8-5-9-13-20/h4-13,16-18,24,26,29H,3,14-15H2,1-2H3,(H,35,42)(H,33,34,41)/t24?,29-/m0/s1. The van der Waals surface area contributed by atoms with Gasteiger partial charge in [0.05, 0.1) is 11.3 Å². The number of β-lactam (4-membered cyclic amide) rings is 1. The molecule has 1 fully saturated rings. The number of amides is 3. The molecular weight excluding hydrogens is 705 g/mol. The second-order valence-electron chi connectivity index (χ2n) is 10.6. The number of hydrogen-bond donors (Lipinski definition) is 2. The highest BCUT2D eigenvalue weighted by Gasteiger charge is 2.54. The second-order valence-corrected chi connectivity index (χ2v) is 14.6. The Balaban J connectivity index is 1.27. The van der Waals surface area contributed by atoms with Gasteiger partial charge in [0.25, 0.3) is 11.8 Å². The smallest absolute Gasteiger partial charge is 0.356 e. The molecule has 0 saturated carbocycles. The maximum Gasteiger partial charge on any atom is 0.356 e. The van der Waals surface area contributed by atoms with Crippen molar-refractivity contribution in [2.24, 2.45) is 7.05 Å². The molecule has 252 valence electrons. The minimum Gasteiger partial charge on any atom is -0.448 e. The highest BCUT2D eigenvalue weighted by Crippen LogP contribution is 2.43. The van der Waals surface area contributed by atoms with Gasteiger partial charge in [-0.05, 0) is 38.3 Å². The van der Waals surface area contributed by atoms with E-state index in [0.29, 0.717) is 45.2 Å². The zero-order valence-electron chi connectivity index (χ0n) is 26.2. The van der Waals surface area contributed by atoms with Crippen LogP contribution in [0.4, 0.5) is 5.13 Å². The van der Waals surface area contributed by atoms with E-state index in [9.17, 15) is 19.2 Å². The molecule has 2 atom stereocenters. The Hall–Kier alpha value is -4.45. The zero-order chi connectivity index (χ0) is 34.3. The molecule has 2 aromatic heterocycles. The molecular formula is C32H30N8O5S4. The van der Waals surface area contributed by atoms with Crippen LogP contribution < -0.4 is 10.6 Å². The van der Waals surface area contributed by atoms with Crippen LogP contribution in [0.25, 0.3) is 5.57 Å². The summed E-state index contributed by atoms with van der Waals surface area (Å²) >= 11 is 5.39. The van der Waals surface area contributed by atoms with E-state index in [2.05, 4.69) is 31.1 Å². The lowest BCUT2D eigenvalue weighted by Gasteiger charge is -2.49. The number of ether oxygens (including phenoxy) is 1. The van der Waals surface area contributed by atoms with Crippen LogP contribution in [0.1, 0.15) is 29.8 Å². The van der Waals surface area contributed by atoms with Crippen LogP contribution in [0.5, 0.6) is 0 Å². The fourth-order valence-electron chi connectivity index (χ4n) is 5.16. The van der Waals surface area contributed by atoms with E-state index in [-0.39, 0.29) is 11.3 Å². The molecule has 2 aromatic carbocycles. The van der Waals surface area contributed by atoms with Crippen molar-refractivity contribution in [3.63, 3.8) is 0 Å². The molecule has 6 rings (SSSR count). The third-order valence-corrected chi connectivity index (χ3v) is 11.4. The molecule has 1 unspecified atom stereocenters. The molecule has 0 aliphatic carbocycles. The number of esters is 1. The molecule has 0 spiro atoms. The second kappa shape index (κ2) is 15.8. The van der Waals surface area contributed by atoms with E-state index in [1.54, 1.807) is 17.8 Å². The van der Waals surface area contributed by atoms with Crippen molar-refractivity contribution < 1.29 is 23.9 Å². The Morgan fingerprint density at radius 3 is 2.47 bits per heavy atom. The number of hydrogen-bond acceptors (Lipinski definition) is 13. The maximum atomic E-state index is 14.3. The Kier molecular flexibility index (Phi) is 11.1. The van der Waals surface area contributed by atoms with Gasteiger partial charge in [0.15, 0.2) is 11.2 Å². The summed E-state index contributed by atoms with van der Waals surface area (Å²) in [4.78, 5) is 58.4. The van der Waals surface area contributed by atoms with Gasteiger partial charge >= 0.3 is 5.97 Å². The van der Waals surface area contributed by atoms with Crippen LogP contribution in [-0.4, -0.2) is 83.0 Å². The number of aryl methyl sites for hydroxylation is 1. The van der Waals surface area contributed by atoms with Crippen LogP contribution in [0.3, 0.4) is 0 Å². The third-order valence-electron chi connectivity index (χ3n) is 7.49. The lowest BCUT2D eigenvalue weighted by atomic mass is 10.0. The van der Waals surface area contributed by atoms with Crippen molar-refractivity contribution in [3.05, 3.63) is 99.5 Å². The number of thioether (sulfide) groups is 3. The number of nitrogens with zero attached hydrogens (tertiary/aromatic N) is 6. The minimum absolute atomic E-state index is 0.153. The number of fused-ring (bicyclic) bond motifs is 1. The highest BCUT2D eigenvalue weighted by atomic mass is 32.2. The van der Waals surface area contributed by atoms with Crippen LogP contribution in [0.2, 0.25) is 0 Å². The Bertz CT molecular complexity index is 1860. The lowest BCUT2D eigenvalue weighted by Crippen LogP contribution is -2.70. The summed E-state index contributed by atoms with van der Waals surface area (Å²) in [5, 5.41) is 20.7. The molecule has 4 heterocycles. The van der Waals surface area contributed by atoms with Gasteiger partial charge in [-0.1, -0.05) is 79.3 Å². The number of tetrazole rings is 1. The number of benzene rings is 2. The highest BCUT2D eigenvalue weighted by molar-refractivity contribution is 8.02. The van der Waals surface area contributed by atoms with E-state index in [1.807, 2.05) is 67.6 Å². The quantitative estimate of drug-likeness (QED) is 0.0629. The topological polar surface area (TPSA) is 161 Å². The zero-order valence-corrected chi connectivity index (χ0v) is 29.5. The number of thiazole rings is 1. The fourth-order valence-corrected chi connectivity index (χ4v) is 8.72. The van der Waals surface area contributed by atoms with Gasteiger partial charge in [-0.2, -0.15) is 0 Å². The summed E-state index contributed by atoms with van der Waals surface area (Å²) in [5.41, 5.74) is 3.05. The maximum absolute atomic E-state index is 14.3. The van der Waals surface area contributed by atoms with Crippen molar-refractivity contribution >= 4 is 81.5 Å². The third kappa shape index (κ3) is 7.59. The first-order valence-electron chi connectivity index (χ1n) is 15.0. The molecule has 49 heavy (non-hydrogen) atoms. The van der Waals surface area contributed by atoms with Gasteiger partial charge in [-0.25, -0.2) is 14.5 Å². The SMILES string of the molecule is CCSC=C(C(=O)NC1C(=O)N2C(C(=O)OC(c3ccccc3)c3ccccc3)=C(CSc3nnnn3C)CS[C@@H]12)c1csc(NC=O)n1. The molecule has 4 aromatic rings. The van der Waals surface area contributed by atoms with Crippen LogP contribution >= 0.6 is 46.6 Å². The molecule has 2 aliphatic rings. The normalized spacial score (nSPS) is 17.4. The van der Waals surface area contributed by atoms with Gasteiger partial charge in [-0.3, -0.25) is 19.3 Å². The fraction of sp³-hybridized carbons (Fsp3) is 0.250. The average Bonchev–Trinajstić information content (AvgIpc) is 3.77. The van der Waals surface area contributed by atoms with Gasteiger partial charge < -0.3 is 15.4 Å². The first-order chi connectivity index (χ1) is 23.9. The summed E-state index contributed by atoms with van der Waals surface area (Å²) in [6.07, 6.45) is -0.205. The number of aromatic nitrogens is 5. The number of carbonyl (C=O) groups excluding carboxylic acids is 4. The number of rotatable bonds is 14. The summed E-state index contributed by atoms with van der Waals surface area (Å²) in [6.45, 7) is 1.95. The Morgan fingerprint density at radius 2 is 1.84 bits per heavy atom. The molecule has 1 saturated heterocycles. The first-order valence-corrected chi connectivity index (χ1v) is 19.0. The Morgan fingerprint density at radius 1 is 1.12 bits per heavy atom. The number of nitrogens with one attached hydrogen (secondary N) is 2. The summed E-state index contributed by atoms with van der Waals surface area (Å²) in [5.74, 6) is -0.108. The average molecular weight is 735 g/mol. The molecule has 2 N–H and O–H groups in total. The van der Waals surface area contributed by atoms with Crippen LogP contribution in [0.15, 0.2) is 87.9 Å². The van der Waals surface area contributed by atoms with Gasteiger partial charge in [-0.15, -0.1) is 40.0 Å². The summed E-state index contributed by atoms with van der Waals surface area (Å²) in [7, 11) is 1.72. The van der Waals surface area contributed by atoms with Crippen molar-refractivity contribution in [2.75, 3.05) is 22.6 Å². The van der Waals surface area contributed by atoms with Crippen LogP contribution in [0, 0.1) is 0 Å². The molecule has 0 bridgehead atoms. The van der Waals surface area contributed by atoms with E-state index in [0.717, 1.165) is 11.1 Å². The minimum atomic E-state index is -0.891. The van der Waals surface area contributed by atoms with Gasteiger partial charge in [0.2, 0.25) is 11.6 Å².